The van der Waals surface area contributed by atoms with Crippen molar-refractivity contribution in [3.63, 3.8) is 0 Å². The third kappa shape index (κ3) is 4.23. The average molecular weight is 287 g/mol. The van der Waals surface area contributed by atoms with Crippen molar-refractivity contribution in [1.29, 1.82) is 0 Å². The maximum absolute atomic E-state index is 10.6. The topological polar surface area (TPSA) is 35.5 Å². The lowest BCUT2D eigenvalue weighted by Gasteiger charge is -2.08. The van der Waals surface area contributed by atoms with Gasteiger partial charge in [-0.3, -0.25) is 4.79 Å². The van der Waals surface area contributed by atoms with Crippen molar-refractivity contribution in [2.45, 2.75) is 19.8 Å². The van der Waals surface area contributed by atoms with Crippen LogP contribution < -0.4 is 4.74 Å². The van der Waals surface area contributed by atoms with E-state index in [4.69, 9.17) is 9.47 Å². The Bertz CT molecular complexity index is 363. The van der Waals surface area contributed by atoms with Gasteiger partial charge in [-0.2, -0.15) is 0 Å². The van der Waals surface area contributed by atoms with Crippen LogP contribution >= 0.6 is 15.9 Å². The molecule has 0 atom stereocenters. The van der Waals surface area contributed by atoms with Crippen LogP contribution in [0.4, 0.5) is 0 Å². The van der Waals surface area contributed by atoms with E-state index in [1.165, 1.54) is 6.92 Å². The third-order valence-electron chi connectivity index (χ3n) is 2.14. The van der Waals surface area contributed by atoms with E-state index in [1.807, 2.05) is 18.2 Å². The molecule has 4 heteroatoms. The van der Waals surface area contributed by atoms with E-state index in [9.17, 15) is 4.79 Å². The van der Waals surface area contributed by atoms with Crippen LogP contribution in [0.1, 0.15) is 18.9 Å². The number of halogens is 1. The monoisotopic (exact) mass is 286 g/mol. The molecule has 0 aliphatic heterocycles. The van der Waals surface area contributed by atoms with E-state index >= 15 is 0 Å². The molecule has 0 saturated carbocycles. The Morgan fingerprint density at radius 1 is 1.44 bits per heavy atom. The fourth-order valence-electron chi connectivity index (χ4n) is 1.40. The van der Waals surface area contributed by atoms with Gasteiger partial charge in [-0.15, -0.1) is 0 Å². The molecule has 88 valence electrons. The van der Waals surface area contributed by atoms with Gasteiger partial charge in [0.2, 0.25) is 0 Å². The number of carbonyl (C=O) groups is 1. The van der Waals surface area contributed by atoms with Crippen LogP contribution in [0.5, 0.6) is 5.75 Å². The summed E-state index contributed by atoms with van der Waals surface area (Å²) in [5, 5.41) is 0. The van der Waals surface area contributed by atoms with Crippen molar-refractivity contribution in [2.24, 2.45) is 0 Å². The predicted molar refractivity (Wildman–Crippen MR) is 65.6 cm³/mol. The highest BCUT2D eigenvalue weighted by Crippen LogP contribution is 2.24. The number of methoxy groups -OCH3 is 1. The zero-order chi connectivity index (χ0) is 12.0. The molecule has 0 amide bonds. The lowest BCUT2D eigenvalue weighted by molar-refractivity contribution is -0.141. The number of hydrogen-bond donors (Lipinski definition) is 0. The first-order chi connectivity index (χ1) is 7.63. The number of hydrogen-bond acceptors (Lipinski definition) is 3. The molecule has 0 radical (unpaired) electrons. The predicted octanol–water partition coefficient (Wildman–Crippen LogP) is 2.95. The fraction of sp³-hybridized carbons (Fsp3) is 0.417. The minimum absolute atomic E-state index is 0.234. The average Bonchev–Trinajstić information content (AvgIpc) is 2.25. The first kappa shape index (κ1) is 13.0. The van der Waals surface area contributed by atoms with E-state index in [1.54, 1.807) is 7.11 Å². The van der Waals surface area contributed by atoms with Crippen molar-refractivity contribution >= 4 is 21.9 Å². The molecule has 1 rings (SSSR count). The van der Waals surface area contributed by atoms with Crippen molar-refractivity contribution < 1.29 is 14.3 Å². The molecule has 0 aliphatic carbocycles. The summed E-state index contributed by atoms with van der Waals surface area (Å²) in [6.45, 7) is 1.87. The van der Waals surface area contributed by atoms with Crippen molar-refractivity contribution in [1.82, 2.24) is 0 Å². The molecular formula is C12H15BrO3. The molecule has 1 aromatic rings. The Hall–Kier alpha value is -1.03. The van der Waals surface area contributed by atoms with Crippen LogP contribution in [0.3, 0.4) is 0 Å². The van der Waals surface area contributed by atoms with Gasteiger partial charge in [-0.25, -0.2) is 0 Å². The number of benzene rings is 1. The molecule has 0 spiro atoms. The van der Waals surface area contributed by atoms with E-state index in [0.29, 0.717) is 6.61 Å². The lowest BCUT2D eigenvalue weighted by Crippen LogP contribution is -2.02. The summed E-state index contributed by atoms with van der Waals surface area (Å²) in [4.78, 5) is 10.6. The van der Waals surface area contributed by atoms with Crippen molar-refractivity contribution in [3.05, 3.63) is 28.2 Å². The smallest absolute Gasteiger partial charge is 0.302 e. The SMILES string of the molecule is COc1cc(Br)ccc1CCCOC(C)=O. The molecule has 0 saturated heterocycles. The molecule has 0 heterocycles. The molecule has 1 aromatic carbocycles. The van der Waals surface area contributed by atoms with Crippen LogP contribution in [0, 0.1) is 0 Å². The maximum atomic E-state index is 10.6. The zero-order valence-electron chi connectivity index (χ0n) is 9.46. The van der Waals surface area contributed by atoms with Gasteiger partial charge in [0.05, 0.1) is 13.7 Å². The first-order valence-corrected chi connectivity index (χ1v) is 5.88. The highest BCUT2D eigenvalue weighted by atomic mass is 79.9. The fourth-order valence-corrected chi connectivity index (χ4v) is 1.74. The second kappa shape index (κ2) is 6.53. The van der Waals surface area contributed by atoms with Gasteiger partial charge >= 0.3 is 5.97 Å². The number of aryl methyl sites for hydroxylation is 1. The third-order valence-corrected chi connectivity index (χ3v) is 2.64. The van der Waals surface area contributed by atoms with Gasteiger partial charge in [0.25, 0.3) is 0 Å². The maximum Gasteiger partial charge on any atom is 0.302 e. The second-order valence-corrected chi connectivity index (χ2v) is 4.32. The van der Waals surface area contributed by atoms with Gasteiger partial charge in [0.15, 0.2) is 0 Å². The second-order valence-electron chi connectivity index (χ2n) is 3.40. The van der Waals surface area contributed by atoms with Crippen molar-refractivity contribution in [2.75, 3.05) is 13.7 Å². The largest absolute Gasteiger partial charge is 0.496 e. The van der Waals surface area contributed by atoms with Gasteiger partial charge in [-0.05, 0) is 30.5 Å². The standard InChI is InChI=1S/C12H15BrO3/c1-9(14)16-7-3-4-10-5-6-11(13)8-12(10)15-2/h5-6,8H,3-4,7H2,1-2H3. The summed E-state index contributed by atoms with van der Waals surface area (Å²) >= 11 is 3.39. The number of esters is 1. The van der Waals surface area contributed by atoms with Crippen LogP contribution in [0.25, 0.3) is 0 Å². The molecule has 0 bridgehead atoms. The molecule has 0 fully saturated rings. The summed E-state index contributed by atoms with van der Waals surface area (Å²) in [6, 6.07) is 5.92. The van der Waals surface area contributed by atoms with Crippen LogP contribution in [-0.4, -0.2) is 19.7 Å². The van der Waals surface area contributed by atoms with E-state index in [2.05, 4.69) is 15.9 Å². The summed E-state index contributed by atoms with van der Waals surface area (Å²) in [7, 11) is 1.65. The Morgan fingerprint density at radius 2 is 2.19 bits per heavy atom. The summed E-state index contributed by atoms with van der Waals surface area (Å²) in [5.41, 5.74) is 1.12. The molecule has 0 aliphatic rings. The van der Waals surface area contributed by atoms with Crippen LogP contribution in [-0.2, 0) is 16.0 Å². The minimum atomic E-state index is -0.234. The Labute approximate surface area is 104 Å². The summed E-state index contributed by atoms with van der Waals surface area (Å²) < 4.78 is 11.1. The molecule has 16 heavy (non-hydrogen) atoms. The van der Waals surface area contributed by atoms with Gasteiger partial charge in [0.1, 0.15) is 5.75 Å². The highest BCUT2D eigenvalue weighted by molar-refractivity contribution is 9.10. The molecule has 0 unspecified atom stereocenters. The lowest BCUT2D eigenvalue weighted by atomic mass is 10.1. The Balaban J connectivity index is 2.50. The van der Waals surface area contributed by atoms with E-state index in [0.717, 1.165) is 28.6 Å². The molecule has 0 N–H and O–H groups in total. The van der Waals surface area contributed by atoms with E-state index < -0.39 is 0 Å². The molecular weight excluding hydrogens is 272 g/mol. The van der Waals surface area contributed by atoms with Crippen molar-refractivity contribution in [3.8, 4) is 5.75 Å². The summed E-state index contributed by atoms with van der Waals surface area (Å²) in [5.74, 6) is 0.625. The zero-order valence-corrected chi connectivity index (χ0v) is 11.0. The van der Waals surface area contributed by atoms with Crippen LogP contribution in [0.2, 0.25) is 0 Å². The number of rotatable bonds is 5. The Morgan fingerprint density at radius 3 is 2.81 bits per heavy atom. The molecule has 3 nitrogen and oxygen atoms in total. The van der Waals surface area contributed by atoms with Gasteiger partial charge in [-0.1, -0.05) is 22.0 Å². The van der Waals surface area contributed by atoms with Gasteiger partial charge in [0, 0.05) is 11.4 Å². The number of carbonyl (C=O) groups excluding carboxylic acids is 1. The number of ether oxygens (including phenoxy) is 2. The van der Waals surface area contributed by atoms with E-state index in [-0.39, 0.29) is 5.97 Å². The first-order valence-electron chi connectivity index (χ1n) is 5.09. The summed E-state index contributed by atoms with van der Waals surface area (Å²) in [6.07, 6.45) is 1.64. The van der Waals surface area contributed by atoms with Gasteiger partial charge < -0.3 is 9.47 Å². The molecule has 0 aromatic heterocycles. The highest BCUT2D eigenvalue weighted by Gasteiger charge is 2.03. The quantitative estimate of drug-likeness (QED) is 0.617. The Kier molecular flexibility index (Phi) is 5.32. The van der Waals surface area contributed by atoms with Crippen LogP contribution in [0.15, 0.2) is 22.7 Å². The minimum Gasteiger partial charge on any atom is -0.496 e. The normalized spacial score (nSPS) is 9.94.